The minimum atomic E-state index is 0.197. The Morgan fingerprint density at radius 2 is 2.07 bits per heavy atom. The predicted octanol–water partition coefficient (Wildman–Crippen LogP) is 1.12. The molecule has 0 spiro atoms. The fraction of sp³-hybridized carbons (Fsp3) is 0.556. The summed E-state index contributed by atoms with van der Waals surface area (Å²) >= 11 is 6.76. The van der Waals surface area contributed by atoms with Crippen molar-refractivity contribution in [3.8, 4) is 6.07 Å². The minimum Gasteiger partial charge on any atom is -0.389 e. The number of thioether (sulfide) groups is 1. The SMILES string of the molecule is C/C(=C(\C#N)C(N)=S)N1CCSCC1. The molecule has 2 N–H and O–H groups in total. The molecule has 76 valence electrons. The molecule has 0 aliphatic carbocycles. The highest BCUT2D eigenvalue weighted by atomic mass is 32.2. The standard InChI is InChI=1S/C9H13N3S2/c1-7(8(6-10)9(11)13)12-2-4-14-5-3-12/h2-5H2,1H3,(H2,11,13)/b8-7-. The highest BCUT2D eigenvalue weighted by molar-refractivity contribution is 7.99. The first-order valence-corrected chi connectivity index (χ1v) is 5.96. The molecule has 0 aromatic carbocycles. The van der Waals surface area contributed by atoms with Crippen molar-refractivity contribution >= 4 is 29.0 Å². The molecule has 1 rings (SSSR count). The van der Waals surface area contributed by atoms with Crippen LogP contribution in [0.15, 0.2) is 11.3 Å². The van der Waals surface area contributed by atoms with E-state index in [0.717, 1.165) is 30.3 Å². The Kier molecular flexibility index (Phi) is 4.23. The fourth-order valence-corrected chi connectivity index (χ4v) is 2.47. The maximum absolute atomic E-state index is 8.89. The van der Waals surface area contributed by atoms with Gasteiger partial charge in [0.2, 0.25) is 0 Å². The van der Waals surface area contributed by atoms with Crippen LogP contribution in [0.1, 0.15) is 6.92 Å². The maximum atomic E-state index is 8.89. The van der Waals surface area contributed by atoms with Gasteiger partial charge in [0.1, 0.15) is 16.6 Å². The van der Waals surface area contributed by atoms with Crippen LogP contribution in [-0.2, 0) is 0 Å². The van der Waals surface area contributed by atoms with Crippen molar-refractivity contribution in [2.45, 2.75) is 6.92 Å². The van der Waals surface area contributed by atoms with Gasteiger partial charge in [-0.3, -0.25) is 0 Å². The van der Waals surface area contributed by atoms with Gasteiger partial charge in [0, 0.05) is 30.3 Å². The largest absolute Gasteiger partial charge is 0.389 e. The van der Waals surface area contributed by atoms with Crippen LogP contribution < -0.4 is 5.73 Å². The first kappa shape index (κ1) is 11.3. The van der Waals surface area contributed by atoms with E-state index in [2.05, 4.69) is 11.0 Å². The summed E-state index contributed by atoms with van der Waals surface area (Å²) in [6.45, 7) is 3.86. The molecule has 1 aliphatic rings. The van der Waals surface area contributed by atoms with Crippen molar-refractivity contribution in [1.82, 2.24) is 4.90 Å². The van der Waals surface area contributed by atoms with Crippen molar-refractivity contribution in [2.75, 3.05) is 24.6 Å². The first-order chi connectivity index (χ1) is 6.66. The van der Waals surface area contributed by atoms with E-state index in [9.17, 15) is 0 Å². The molecule has 1 fully saturated rings. The molecule has 1 saturated heterocycles. The zero-order chi connectivity index (χ0) is 10.6. The molecular weight excluding hydrogens is 214 g/mol. The Bertz CT molecular complexity index is 298. The molecular formula is C9H13N3S2. The van der Waals surface area contributed by atoms with Crippen LogP contribution >= 0.6 is 24.0 Å². The predicted molar refractivity (Wildman–Crippen MR) is 64.0 cm³/mol. The number of thiocarbonyl (C=S) groups is 1. The second-order valence-electron chi connectivity index (χ2n) is 3.04. The summed E-state index contributed by atoms with van der Waals surface area (Å²) in [5.74, 6) is 2.21. The second-order valence-corrected chi connectivity index (χ2v) is 4.70. The van der Waals surface area contributed by atoms with Gasteiger partial charge in [0.05, 0.1) is 0 Å². The molecule has 0 aromatic heterocycles. The lowest BCUT2D eigenvalue weighted by Gasteiger charge is -2.29. The third-order valence-corrected chi connectivity index (χ3v) is 3.35. The Labute approximate surface area is 93.9 Å². The zero-order valence-corrected chi connectivity index (χ0v) is 9.75. The highest BCUT2D eigenvalue weighted by Crippen LogP contribution is 2.16. The van der Waals surface area contributed by atoms with Gasteiger partial charge in [0.25, 0.3) is 0 Å². The lowest BCUT2D eigenvalue weighted by Crippen LogP contribution is -2.33. The number of hydrogen-bond acceptors (Lipinski definition) is 4. The number of rotatable bonds is 2. The van der Waals surface area contributed by atoms with Gasteiger partial charge < -0.3 is 10.6 Å². The van der Waals surface area contributed by atoms with Crippen LogP contribution in [0, 0.1) is 11.3 Å². The number of hydrogen-bond donors (Lipinski definition) is 1. The normalized spacial score (nSPS) is 18.4. The summed E-state index contributed by atoms with van der Waals surface area (Å²) < 4.78 is 0. The van der Waals surface area contributed by atoms with E-state index in [1.807, 2.05) is 18.7 Å². The van der Waals surface area contributed by atoms with Crippen LogP contribution in [0.5, 0.6) is 0 Å². The van der Waals surface area contributed by atoms with E-state index in [0.29, 0.717) is 5.57 Å². The van der Waals surface area contributed by atoms with Crippen molar-refractivity contribution < 1.29 is 0 Å². The van der Waals surface area contributed by atoms with Gasteiger partial charge in [-0.15, -0.1) is 0 Å². The van der Waals surface area contributed by atoms with E-state index < -0.39 is 0 Å². The summed E-state index contributed by atoms with van der Waals surface area (Å²) in [5.41, 5.74) is 6.84. The van der Waals surface area contributed by atoms with Crippen LogP contribution in [0.25, 0.3) is 0 Å². The Morgan fingerprint density at radius 3 is 2.50 bits per heavy atom. The van der Waals surface area contributed by atoms with Crippen molar-refractivity contribution in [3.05, 3.63) is 11.3 Å². The lowest BCUT2D eigenvalue weighted by molar-refractivity contribution is 0.380. The molecule has 1 heterocycles. The lowest BCUT2D eigenvalue weighted by atomic mass is 10.2. The van der Waals surface area contributed by atoms with Crippen molar-refractivity contribution in [3.63, 3.8) is 0 Å². The summed E-state index contributed by atoms with van der Waals surface area (Å²) in [5, 5.41) is 8.89. The van der Waals surface area contributed by atoms with Crippen LogP contribution in [-0.4, -0.2) is 34.5 Å². The monoisotopic (exact) mass is 227 g/mol. The minimum absolute atomic E-state index is 0.197. The maximum Gasteiger partial charge on any atom is 0.116 e. The quantitative estimate of drug-likeness (QED) is 0.435. The number of nitrogens with two attached hydrogens (primary N) is 1. The zero-order valence-electron chi connectivity index (χ0n) is 8.12. The molecule has 1 aliphatic heterocycles. The van der Waals surface area contributed by atoms with Crippen molar-refractivity contribution in [1.29, 1.82) is 5.26 Å². The molecule has 0 amide bonds. The number of nitrogens with zero attached hydrogens (tertiary/aromatic N) is 2. The van der Waals surface area contributed by atoms with Crippen LogP contribution in [0.2, 0.25) is 0 Å². The molecule has 0 atom stereocenters. The van der Waals surface area contributed by atoms with Gasteiger partial charge in [-0.05, 0) is 6.92 Å². The van der Waals surface area contributed by atoms with Crippen LogP contribution in [0.3, 0.4) is 0 Å². The topological polar surface area (TPSA) is 53.1 Å². The smallest absolute Gasteiger partial charge is 0.116 e. The molecule has 5 heteroatoms. The highest BCUT2D eigenvalue weighted by Gasteiger charge is 2.15. The molecule has 0 bridgehead atoms. The Balaban J connectivity index is 2.83. The van der Waals surface area contributed by atoms with Gasteiger partial charge in [-0.2, -0.15) is 17.0 Å². The summed E-state index contributed by atoms with van der Waals surface area (Å²) in [7, 11) is 0. The number of allylic oxidation sites excluding steroid dienone is 1. The van der Waals surface area contributed by atoms with Gasteiger partial charge in [0.15, 0.2) is 0 Å². The van der Waals surface area contributed by atoms with Gasteiger partial charge in [-0.1, -0.05) is 12.2 Å². The second kappa shape index (κ2) is 5.23. The van der Waals surface area contributed by atoms with E-state index in [-0.39, 0.29) is 4.99 Å². The third-order valence-electron chi connectivity index (χ3n) is 2.21. The molecule has 0 radical (unpaired) electrons. The Hall–Kier alpha value is -0.730. The van der Waals surface area contributed by atoms with E-state index in [4.69, 9.17) is 23.2 Å². The summed E-state index contributed by atoms with van der Waals surface area (Å²) in [4.78, 5) is 2.37. The van der Waals surface area contributed by atoms with Gasteiger partial charge in [-0.25, -0.2) is 0 Å². The van der Waals surface area contributed by atoms with Gasteiger partial charge >= 0.3 is 0 Å². The van der Waals surface area contributed by atoms with Crippen molar-refractivity contribution in [2.24, 2.45) is 5.73 Å². The molecule has 0 aromatic rings. The van der Waals surface area contributed by atoms with E-state index in [1.165, 1.54) is 0 Å². The fourth-order valence-electron chi connectivity index (χ4n) is 1.37. The molecule has 0 unspecified atom stereocenters. The Morgan fingerprint density at radius 1 is 1.50 bits per heavy atom. The van der Waals surface area contributed by atoms with Crippen LogP contribution in [0.4, 0.5) is 0 Å². The van der Waals surface area contributed by atoms with E-state index in [1.54, 1.807) is 0 Å². The summed E-state index contributed by atoms with van der Waals surface area (Å²) in [6, 6.07) is 2.06. The molecule has 3 nitrogen and oxygen atoms in total. The average molecular weight is 227 g/mol. The van der Waals surface area contributed by atoms with E-state index >= 15 is 0 Å². The summed E-state index contributed by atoms with van der Waals surface area (Å²) in [6.07, 6.45) is 0. The first-order valence-electron chi connectivity index (χ1n) is 4.40. The molecule has 0 saturated carbocycles. The third kappa shape index (κ3) is 2.63. The number of nitriles is 1. The molecule has 14 heavy (non-hydrogen) atoms. The average Bonchev–Trinajstić information content (AvgIpc) is 2.19.